The Morgan fingerprint density at radius 2 is 1.87 bits per heavy atom. The van der Waals surface area contributed by atoms with Gasteiger partial charge >= 0.3 is 5.69 Å². The number of nitrogens with one attached hydrogen (secondary N) is 1. The normalized spacial score (nSPS) is 11.3. The first kappa shape index (κ1) is 15.2. The maximum absolute atomic E-state index is 12.2. The molecule has 1 N–H and O–H groups in total. The van der Waals surface area contributed by atoms with E-state index in [1.54, 1.807) is 4.57 Å². The van der Waals surface area contributed by atoms with E-state index in [9.17, 15) is 9.59 Å². The van der Waals surface area contributed by atoms with Crippen molar-refractivity contribution in [1.82, 2.24) is 14.5 Å². The number of benzene rings is 1. The third kappa shape index (κ3) is 2.82. The van der Waals surface area contributed by atoms with Crippen LogP contribution in [0, 0.1) is 12.8 Å². The largest absolute Gasteiger partial charge is 0.330 e. The third-order valence-corrected chi connectivity index (χ3v) is 3.76. The number of aromatic nitrogens is 3. The van der Waals surface area contributed by atoms with Crippen LogP contribution < -0.4 is 11.2 Å². The second kappa shape index (κ2) is 5.83. The van der Waals surface area contributed by atoms with E-state index >= 15 is 0 Å². The molecule has 0 atom stereocenters. The molecule has 0 fully saturated rings. The van der Waals surface area contributed by atoms with Crippen LogP contribution in [0.25, 0.3) is 22.3 Å². The van der Waals surface area contributed by atoms with Gasteiger partial charge in [0.25, 0.3) is 5.56 Å². The van der Waals surface area contributed by atoms with Crippen molar-refractivity contribution in [2.24, 2.45) is 5.92 Å². The van der Waals surface area contributed by atoms with Crippen LogP contribution in [-0.2, 0) is 6.54 Å². The van der Waals surface area contributed by atoms with Crippen LogP contribution in [0.3, 0.4) is 0 Å². The number of rotatable bonds is 3. The zero-order valence-corrected chi connectivity index (χ0v) is 13.5. The van der Waals surface area contributed by atoms with Crippen LogP contribution in [-0.4, -0.2) is 14.5 Å². The second-order valence-corrected chi connectivity index (χ2v) is 6.15. The highest BCUT2D eigenvalue weighted by Gasteiger charge is 2.14. The Morgan fingerprint density at radius 3 is 2.52 bits per heavy atom. The van der Waals surface area contributed by atoms with Crippen LogP contribution >= 0.6 is 0 Å². The maximum atomic E-state index is 12.2. The number of hydrogen-bond donors (Lipinski definition) is 1. The van der Waals surface area contributed by atoms with Crippen molar-refractivity contribution in [2.45, 2.75) is 27.3 Å². The highest BCUT2D eigenvalue weighted by Crippen LogP contribution is 2.22. The van der Waals surface area contributed by atoms with Crippen molar-refractivity contribution >= 4 is 11.0 Å². The molecule has 0 amide bonds. The van der Waals surface area contributed by atoms with E-state index in [4.69, 9.17) is 0 Å². The Balaban J connectivity index is 2.37. The summed E-state index contributed by atoms with van der Waals surface area (Å²) in [5, 5.41) is 0.477. The van der Waals surface area contributed by atoms with Gasteiger partial charge in [-0.1, -0.05) is 44.2 Å². The summed E-state index contributed by atoms with van der Waals surface area (Å²) < 4.78 is 1.56. The van der Waals surface area contributed by atoms with Gasteiger partial charge in [-0.3, -0.25) is 14.3 Å². The maximum Gasteiger partial charge on any atom is 0.330 e. The summed E-state index contributed by atoms with van der Waals surface area (Å²) in [6.45, 7) is 6.43. The summed E-state index contributed by atoms with van der Waals surface area (Å²) in [7, 11) is 0. The topological polar surface area (TPSA) is 67.8 Å². The van der Waals surface area contributed by atoms with E-state index < -0.39 is 5.69 Å². The predicted molar refractivity (Wildman–Crippen MR) is 91.6 cm³/mol. The van der Waals surface area contributed by atoms with Gasteiger partial charge in [0.05, 0.1) is 11.1 Å². The molecule has 23 heavy (non-hydrogen) atoms. The molecular formula is C18H19N3O2. The van der Waals surface area contributed by atoms with Crippen molar-refractivity contribution in [3.8, 4) is 11.3 Å². The van der Waals surface area contributed by atoms with Gasteiger partial charge in [-0.2, -0.15) is 0 Å². The molecule has 0 spiro atoms. The second-order valence-electron chi connectivity index (χ2n) is 6.15. The van der Waals surface area contributed by atoms with Gasteiger partial charge in [0, 0.05) is 12.1 Å². The summed E-state index contributed by atoms with van der Waals surface area (Å²) in [4.78, 5) is 31.4. The monoisotopic (exact) mass is 309 g/mol. The van der Waals surface area contributed by atoms with Crippen molar-refractivity contribution in [2.75, 3.05) is 0 Å². The van der Waals surface area contributed by atoms with Gasteiger partial charge in [0.15, 0.2) is 5.65 Å². The zero-order valence-electron chi connectivity index (χ0n) is 13.5. The van der Waals surface area contributed by atoms with Gasteiger partial charge in [0.2, 0.25) is 0 Å². The molecule has 5 nitrogen and oxygen atoms in total. The van der Waals surface area contributed by atoms with Crippen molar-refractivity contribution in [1.29, 1.82) is 0 Å². The van der Waals surface area contributed by atoms with Gasteiger partial charge in [-0.15, -0.1) is 0 Å². The summed E-state index contributed by atoms with van der Waals surface area (Å²) in [6, 6.07) is 11.6. The minimum atomic E-state index is -0.409. The summed E-state index contributed by atoms with van der Waals surface area (Å²) in [5.41, 5.74) is 2.20. The molecule has 0 saturated carbocycles. The third-order valence-electron chi connectivity index (χ3n) is 3.76. The lowest BCUT2D eigenvalue weighted by molar-refractivity contribution is 0.513. The lowest BCUT2D eigenvalue weighted by Gasteiger charge is -2.13. The molecule has 0 radical (unpaired) electrons. The van der Waals surface area contributed by atoms with E-state index in [-0.39, 0.29) is 11.5 Å². The Morgan fingerprint density at radius 1 is 1.17 bits per heavy atom. The summed E-state index contributed by atoms with van der Waals surface area (Å²) in [5.74, 6) is 0.268. The first-order valence-electron chi connectivity index (χ1n) is 7.67. The number of H-pyrrole nitrogens is 1. The SMILES string of the molecule is Cc1cc(-c2ccccc2)nc2c1c(=O)[nH]c(=O)n2CC(C)C. The fourth-order valence-corrected chi connectivity index (χ4v) is 2.75. The van der Waals surface area contributed by atoms with Gasteiger partial charge in [-0.25, -0.2) is 9.78 Å². The molecule has 0 saturated heterocycles. The Kier molecular flexibility index (Phi) is 3.86. The summed E-state index contributed by atoms with van der Waals surface area (Å²) >= 11 is 0. The number of nitrogens with zero attached hydrogens (tertiary/aromatic N) is 2. The van der Waals surface area contributed by atoms with Crippen LogP contribution in [0.1, 0.15) is 19.4 Å². The number of aromatic amines is 1. The molecule has 2 heterocycles. The first-order valence-corrected chi connectivity index (χ1v) is 7.67. The smallest absolute Gasteiger partial charge is 0.277 e. The average molecular weight is 309 g/mol. The van der Waals surface area contributed by atoms with Crippen LogP contribution in [0.4, 0.5) is 0 Å². The molecule has 0 unspecified atom stereocenters. The van der Waals surface area contributed by atoms with E-state index in [1.807, 2.05) is 57.2 Å². The molecule has 0 aliphatic heterocycles. The molecule has 0 aliphatic rings. The lowest BCUT2D eigenvalue weighted by atomic mass is 10.1. The van der Waals surface area contributed by atoms with E-state index in [0.717, 1.165) is 16.8 Å². The van der Waals surface area contributed by atoms with E-state index in [1.165, 1.54) is 0 Å². The first-order chi connectivity index (χ1) is 11.0. The predicted octanol–water partition coefficient (Wildman–Crippen LogP) is 2.72. The van der Waals surface area contributed by atoms with Crippen LogP contribution in [0.15, 0.2) is 46.0 Å². The minimum Gasteiger partial charge on any atom is -0.277 e. The van der Waals surface area contributed by atoms with Crippen molar-refractivity contribution in [3.05, 3.63) is 62.8 Å². The average Bonchev–Trinajstić information content (AvgIpc) is 2.51. The van der Waals surface area contributed by atoms with Gasteiger partial charge in [0.1, 0.15) is 0 Å². The summed E-state index contributed by atoms with van der Waals surface area (Å²) in [6.07, 6.45) is 0. The van der Waals surface area contributed by atoms with Crippen molar-refractivity contribution < 1.29 is 0 Å². The Hall–Kier alpha value is -2.69. The molecule has 0 bridgehead atoms. The van der Waals surface area contributed by atoms with E-state index in [2.05, 4.69) is 9.97 Å². The van der Waals surface area contributed by atoms with Gasteiger partial charge in [-0.05, 0) is 24.5 Å². The van der Waals surface area contributed by atoms with Crippen molar-refractivity contribution in [3.63, 3.8) is 0 Å². The Labute approximate surface area is 133 Å². The van der Waals surface area contributed by atoms with Gasteiger partial charge < -0.3 is 0 Å². The standard InChI is InChI=1S/C18H19N3O2/c1-11(2)10-21-16-15(17(22)20-18(21)23)12(3)9-14(19-16)13-7-5-4-6-8-13/h4-9,11H,10H2,1-3H3,(H,20,22,23). The highest BCUT2D eigenvalue weighted by atomic mass is 16.2. The number of aryl methyl sites for hydroxylation is 1. The minimum absolute atomic E-state index is 0.268. The fraction of sp³-hybridized carbons (Fsp3) is 0.278. The molecule has 3 aromatic rings. The molecule has 1 aromatic carbocycles. The highest BCUT2D eigenvalue weighted by molar-refractivity contribution is 5.81. The molecular weight excluding hydrogens is 290 g/mol. The zero-order chi connectivity index (χ0) is 16.6. The Bertz CT molecular complexity index is 969. The molecule has 3 rings (SSSR count). The molecule has 118 valence electrons. The fourth-order valence-electron chi connectivity index (χ4n) is 2.75. The number of fused-ring (bicyclic) bond motifs is 1. The van der Waals surface area contributed by atoms with E-state index in [0.29, 0.717) is 17.6 Å². The van der Waals surface area contributed by atoms with Crippen LogP contribution in [0.2, 0.25) is 0 Å². The van der Waals surface area contributed by atoms with Crippen LogP contribution in [0.5, 0.6) is 0 Å². The molecule has 2 aromatic heterocycles. The molecule has 0 aliphatic carbocycles. The number of pyridine rings is 1. The quantitative estimate of drug-likeness (QED) is 0.809. The number of hydrogen-bond acceptors (Lipinski definition) is 3. The molecule has 5 heteroatoms. The lowest BCUT2D eigenvalue weighted by Crippen LogP contribution is -2.32.